The van der Waals surface area contributed by atoms with Crippen molar-refractivity contribution in [2.45, 2.75) is 23.6 Å². The molecule has 0 aromatic heterocycles. The van der Waals surface area contributed by atoms with Gasteiger partial charge in [0.15, 0.2) is 0 Å². The van der Waals surface area contributed by atoms with Crippen molar-refractivity contribution in [3.05, 3.63) is 107 Å². The van der Waals surface area contributed by atoms with Gasteiger partial charge in [0.25, 0.3) is 20.0 Å². The van der Waals surface area contributed by atoms with Gasteiger partial charge >= 0.3 is 0 Å². The molecule has 0 fully saturated rings. The van der Waals surface area contributed by atoms with E-state index in [2.05, 4.69) is 9.12 Å². The SMILES string of the molecule is Cc1ccc(S(=O)(=O)/N=C2\C=C(NS(=O)(=O)c3ccc(C)cc3)C(=O)c3ccccc32)cc1. The number of carbonyl (C=O) groups excluding carboxylic acids is 1. The molecule has 0 saturated carbocycles. The zero-order valence-electron chi connectivity index (χ0n) is 17.8. The Morgan fingerprint density at radius 1 is 0.697 bits per heavy atom. The fourth-order valence-corrected chi connectivity index (χ4v) is 5.34. The Labute approximate surface area is 192 Å². The summed E-state index contributed by atoms with van der Waals surface area (Å²) in [5, 5.41) is 0. The fourth-order valence-electron chi connectivity index (χ4n) is 3.29. The summed E-state index contributed by atoms with van der Waals surface area (Å²) in [7, 11) is -8.19. The molecule has 4 rings (SSSR count). The van der Waals surface area contributed by atoms with Crippen LogP contribution in [-0.4, -0.2) is 28.3 Å². The molecule has 0 bridgehead atoms. The van der Waals surface area contributed by atoms with Gasteiger partial charge in [0.2, 0.25) is 5.78 Å². The molecule has 0 radical (unpaired) electrons. The summed E-state index contributed by atoms with van der Waals surface area (Å²) in [5.74, 6) is -0.576. The summed E-state index contributed by atoms with van der Waals surface area (Å²) in [5.41, 5.74) is 1.91. The topological polar surface area (TPSA) is 110 Å². The van der Waals surface area contributed by atoms with Crippen molar-refractivity contribution >= 4 is 31.5 Å². The van der Waals surface area contributed by atoms with E-state index in [1.807, 2.05) is 13.8 Å². The maximum absolute atomic E-state index is 13.0. The summed E-state index contributed by atoms with van der Waals surface area (Å²) >= 11 is 0. The van der Waals surface area contributed by atoms with Crippen LogP contribution in [-0.2, 0) is 20.0 Å². The average molecular weight is 481 g/mol. The first kappa shape index (κ1) is 22.6. The van der Waals surface area contributed by atoms with Crippen LogP contribution in [0, 0.1) is 13.8 Å². The molecule has 0 atom stereocenters. The van der Waals surface area contributed by atoms with Crippen molar-refractivity contribution in [2.24, 2.45) is 4.40 Å². The van der Waals surface area contributed by atoms with Crippen LogP contribution in [0.15, 0.2) is 98.8 Å². The summed E-state index contributed by atoms with van der Waals surface area (Å²) < 4.78 is 57.7. The highest BCUT2D eigenvalue weighted by Gasteiger charge is 2.29. The fraction of sp³-hybridized carbons (Fsp3) is 0.0833. The molecule has 1 aliphatic carbocycles. The largest absolute Gasteiger partial charge is 0.287 e. The quantitative estimate of drug-likeness (QED) is 0.601. The number of ketones is 1. The summed E-state index contributed by atoms with van der Waals surface area (Å²) in [6.45, 7) is 3.66. The normalized spacial score (nSPS) is 15.2. The van der Waals surface area contributed by atoms with Crippen molar-refractivity contribution in [3.8, 4) is 0 Å². The van der Waals surface area contributed by atoms with Crippen LogP contribution >= 0.6 is 0 Å². The number of hydrogen-bond acceptors (Lipinski definition) is 5. The van der Waals surface area contributed by atoms with Gasteiger partial charge < -0.3 is 0 Å². The number of hydrogen-bond donors (Lipinski definition) is 1. The lowest BCUT2D eigenvalue weighted by molar-refractivity contribution is 0.102. The van der Waals surface area contributed by atoms with Gasteiger partial charge in [-0.25, -0.2) is 8.42 Å². The molecule has 0 unspecified atom stereocenters. The third-order valence-electron chi connectivity index (χ3n) is 5.09. The Morgan fingerprint density at radius 3 is 1.79 bits per heavy atom. The number of nitrogens with one attached hydrogen (secondary N) is 1. The van der Waals surface area contributed by atoms with E-state index in [-0.39, 0.29) is 26.8 Å². The monoisotopic (exact) mass is 480 g/mol. The second-order valence-electron chi connectivity index (χ2n) is 7.62. The summed E-state index contributed by atoms with van der Waals surface area (Å²) in [4.78, 5) is 13.0. The Balaban J connectivity index is 1.80. The molecule has 3 aromatic carbocycles. The minimum atomic E-state index is -4.11. The molecule has 0 saturated heterocycles. The number of nitrogens with zero attached hydrogens (tertiary/aromatic N) is 1. The van der Waals surface area contributed by atoms with Crippen LogP contribution < -0.4 is 4.72 Å². The first-order chi connectivity index (χ1) is 15.6. The maximum Gasteiger partial charge on any atom is 0.282 e. The minimum absolute atomic E-state index is 0.00910. The van der Waals surface area contributed by atoms with Gasteiger partial charge in [-0.1, -0.05) is 59.7 Å². The number of benzene rings is 3. The third kappa shape index (κ3) is 4.64. The zero-order valence-corrected chi connectivity index (χ0v) is 19.4. The predicted molar refractivity (Wildman–Crippen MR) is 125 cm³/mol. The van der Waals surface area contributed by atoms with Crippen molar-refractivity contribution < 1.29 is 21.6 Å². The Hall–Kier alpha value is -3.56. The van der Waals surface area contributed by atoms with Crippen molar-refractivity contribution in [1.29, 1.82) is 0 Å². The average Bonchev–Trinajstić information content (AvgIpc) is 2.77. The number of carbonyl (C=O) groups is 1. The van der Waals surface area contributed by atoms with Crippen LogP contribution in [0.5, 0.6) is 0 Å². The van der Waals surface area contributed by atoms with Crippen LogP contribution in [0.1, 0.15) is 27.0 Å². The summed E-state index contributed by atoms with van der Waals surface area (Å²) in [6.07, 6.45) is 1.15. The first-order valence-corrected chi connectivity index (χ1v) is 12.9. The molecule has 168 valence electrons. The summed E-state index contributed by atoms with van der Waals surface area (Å²) in [6, 6.07) is 18.7. The number of fused-ring (bicyclic) bond motifs is 1. The molecule has 7 nitrogen and oxygen atoms in total. The van der Waals surface area contributed by atoms with Gasteiger partial charge in [-0.15, -0.1) is 0 Å². The Bertz CT molecular complexity index is 1520. The highest BCUT2D eigenvalue weighted by atomic mass is 32.2. The predicted octanol–water partition coefficient (Wildman–Crippen LogP) is 3.54. The van der Waals surface area contributed by atoms with Gasteiger partial charge in [0.05, 0.1) is 21.2 Å². The van der Waals surface area contributed by atoms with Crippen molar-refractivity contribution in [1.82, 2.24) is 4.72 Å². The smallest absolute Gasteiger partial charge is 0.282 e. The van der Waals surface area contributed by atoms with Gasteiger partial charge in [0, 0.05) is 11.1 Å². The van der Waals surface area contributed by atoms with Gasteiger partial charge in [0.1, 0.15) is 0 Å². The molecule has 9 heteroatoms. The molecule has 1 aliphatic rings. The van der Waals surface area contributed by atoms with Crippen LogP contribution in [0.25, 0.3) is 0 Å². The van der Waals surface area contributed by atoms with Crippen LogP contribution in [0.2, 0.25) is 0 Å². The second-order valence-corrected chi connectivity index (χ2v) is 10.9. The van der Waals surface area contributed by atoms with E-state index in [1.54, 1.807) is 42.5 Å². The first-order valence-electron chi connectivity index (χ1n) is 9.94. The number of sulfonamides is 2. The Morgan fingerprint density at radius 2 is 1.21 bits per heavy atom. The van der Waals surface area contributed by atoms with Crippen molar-refractivity contribution in [2.75, 3.05) is 0 Å². The van der Waals surface area contributed by atoms with Crippen molar-refractivity contribution in [3.63, 3.8) is 0 Å². The lowest BCUT2D eigenvalue weighted by Crippen LogP contribution is -2.31. The van der Waals surface area contributed by atoms with E-state index in [1.165, 1.54) is 30.3 Å². The third-order valence-corrected chi connectivity index (χ3v) is 7.77. The lowest BCUT2D eigenvalue weighted by atomic mass is 9.93. The molecule has 1 N–H and O–H groups in total. The number of allylic oxidation sites excluding steroid dienone is 2. The maximum atomic E-state index is 13.0. The van der Waals surface area contributed by atoms with E-state index >= 15 is 0 Å². The van der Waals surface area contributed by atoms with Gasteiger partial charge in [-0.05, 0) is 44.2 Å². The lowest BCUT2D eigenvalue weighted by Gasteiger charge is -2.18. The molecule has 0 aliphatic heterocycles. The molecule has 33 heavy (non-hydrogen) atoms. The molecule has 0 spiro atoms. The van der Waals surface area contributed by atoms with E-state index in [4.69, 9.17) is 0 Å². The molecular weight excluding hydrogens is 460 g/mol. The van der Waals surface area contributed by atoms with Crippen LogP contribution in [0.3, 0.4) is 0 Å². The van der Waals surface area contributed by atoms with E-state index in [0.717, 1.165) is 17.2 Å². The molecule has 0 amide bonds. The van der Waals surface area contributed by atoms with E-state index < -0.39 is 25.8 Å². The molecule has 3 aromatic rings. The van der Waals surface area contributed by atoms with Crippen LogP contribution in [0.4, 0.5) is 0 Å². The molecular formula is C24H20N2O5S2. The highest BCUT2D eigenvalue weighted by molar-refractivity contribution is 7.90. The molecule has 0 heterocycles. The highest BCUT2D eigenvalue weighted by Crippen LogP contribution is 2.24. The Kier molecular flexibility index (Phi) is 5.77. The van der Waals surface area contributed by atoms with E-state index in [9.17, 15) is 21.6 Å². The zero-order chi connectivity index (χ0) is 23.8. The standard InChI is InChI=1S/C24H20N2O5S2/c1-16-7-11-18(12-8-16)32(28,29)25-22-15-23(24(27)21-6-4-3-5-20(21)22)26-33(30,31)19-13-9-17(2)10-14-19/h3-15,26H,1-2H3/b25-22+. The van der Waals surface area contributed by atoms with E-state index in [0.29, 0.717) is 5.56 Å². The van der Waals surface area contributed by atoms with Gasteiger partial charge in [-0.3, -0.25) is 9.52 Å². The number of rotatable bonds is 5. The second kappa shape index (κ2) is 8.42. The number of Topliss-reactive ketones (excluding diaryl/α,β-unsaturated/α-hetero) is 1. The van der Waals surface area contributed by atoms with Gasteiger partial charge in [-0.2, -0.15) is 12.8 Å². The number of aryl methyl sites for hydroxylation is 2. The minimum Gasteiger partial charge on any atom is -0.287 e.